The van der Waals surface area contributed by atoms with Crippen molar-refractivity contribution in [2.75, 3.05) is 19.7 Å². The van der Waals surface area contributed by atoms with Crippen molar-refractivity contribution >= 4 is 78.4 Å². The average molecular weight is 678 g/mol. The standard InChI is InChI=1S/C23H20ClN3O2.C14H10ClN3O/c1-2-9-29-20-6-4-13(10-17(20)24)19-11-16-14(12-26-19)3-5-15-21-18(27-22(15)16)7-8-25-23(21)28;15-11-5-9-7(6-17-11)1-2-8-12-10(18-13(8)9)3-4-16-14(12)19/h3-6,10-12,27H,2,7-9H2,1H3,(H,25,28);1-2,5-6,17H,3-4H2,(H,16,19). The van der Waals surface area contributed by atoms with Gasteiger partial charge in [-0.05, 0) is 36.8 Å². The summed E-state index contributed by atoms with van der Waals surface area (Å²) in [5.74, 6) is 0.640. The SMILES string of the molecule is CCCOc1ccc(-c2cc3c(ccc4c5c([nH]c43)CCNC5=O)cn2)cc1Cl.O=C1NCCc2nc3c(ccc4c[nH]c(Cl)cc43)c21. The van der Waals surface area contributed by atoms with Gasteiger partial charge in [-0.25, -0.2) is 0 Å². The summed E-state index contributed by atoms with van der Waals surface area (Å²) in [7, 11) is 0. The first-order valence-corrected chi connectivity index (χ1v) is 16.7. The Morgan fingerprint density at radius 2 is 1.62 bits per heavy atom. The molecule has 0 radical (unpaired) electrons. The highest BCUT2D eigenvalue weighted by Crippen LogP contribution is 2.35. The number of halogens is 2. The summed E-state index contributed by atoms with van der Waals surface area (Å²) in [4.78, 5) is 40.0. The normalized spacial score (nSPS) is 14.0. The van der Waals surface area contributed by atoms with Crippen molar-refractivity contribution in [3.05, 3.63) is 99.7 Å². The van der Waals surface area contributed by atoms with Gasteiger partial charge in [0.15, 0.2) is 0 Å². The van der Waals surface area contributed by atoms with E-state index < -0.39 is 0 Å². The Morgan fingerprint density at radius 3 is 2.46 bits per heavy atom. The van der Waals surface area contributed by atoms with Crippen LogP contribution in [0.15, 0.2) is 67.0 Å². The van der Waals surface area contributed by atoms with Crippen LogP contribution in [0.3, 0.4) is 0 Å². The highest BCUT2D eigenvalue weighted by Gasteiger charge is 2.25. The maximum Gasteiger partial charge on any atom is 0.253 e. The summed E-state index contributed by atoms with van der Waals surface area (Å²) in [5.41, 5.74) is 6.93. The van der Waals surface area contributed by atoms with Crippen molar-refractivity contribution in [1.29, 1.82) is 0 Å². The quantitative estimate of drug-likeness (QED) is 0.142. The molecule has 7 aromatic rings. The van der Waals surface area contributed by atoms with Gasteiger partial charge in [0, 0.05) is 81.9 Å². The second-order valence-electron chi connectivity index (χ2n) is 11.9. The van der Waals surface area contributed by atoms with Gasteiger partial charge in [-0.2, -0.15) is 0 Å². The van der Waals surface area contributed by atoms with Crippen LogP contribution in [0.4, 0.5) is 0 Å². The molecule has 0 spiro atoms. The van der Waals surface area contributed by atoms with Crippen molar-refractivity contribution in [3.63, 3.8) is 0 Å². The molecule has 48 heavy (non-hydrogen) atoms. The minimum Gasteiger partial charge on any atom is -0.492 e. The number of aromatic amines is 2. The zero-order valence-corrected chi connectivity index (χ0v) is 27.5. The van der Waals surface area contributed by atoms with Crippen molar-refractivity contribution in [3.8, 4) is 17.0 Å². The van der Waals surface area contributed by atoms with Crippen LogP contribution < -0.4 is 15.4 Å². The molecule has 0 unspecified atom stereocenters. The minimum absolute atomic E-state index is 0.0134. The molecule has 0 atom stereocenters. The molecule has 2 aliphatic heterocycles. The van der Waals surface area contributed by atoms with Gasteiger partial charge < -0.3 is 25.3 Å². The Kier molecular flexibility index (Phi) is 7.66. The van der Waals surface area contributed by atoms with E-state index in [0.717, 1.165) is 90.8 Å². The Bertz CT molecular complexity index is 2430. The minimum atomic E-state index is -0.0308. The van der Waals surface area contributed by atoms with Crippen molar-refractivity contribution < 1.29 is 14.3 Å². The van der Waals surface area contributed by atoms with Crippen LogP contribution in [0.5, 0.6) is 5.75 Å². The lowest BCUT2D eigenvalue weighted by Gasteiger charge is -2.11. The number of carbonyl (C=O) groups is 2. The maximum atomic E-state index is 12.4. The summed E-state index contributed by atoms with van der Waals surface area (Å²) < 4.78 is 5.67. The monoisotopic (exact) mass is 676 g/mol. The lowest BCUT2D eigenvalue weighted by Crippen LogP contribution is -2.31. The van der Waals surface area contributed by atoms with E-state index in [2.05, 4.69) is 43.6 Å². The fourth-order valence-electron chi connectivity index (χ4n) is 6.62. The molecule has 0 bridgehead atoms. The van der Waals surface area contributed by atoms with Crippen molar-refractivity contribution in [1.82, 2.24) is 30.6 Å². The second-order valence-corrected chi connectivity index (χ2v) is 12.8. The molecular weight excluding hydrogens is 647 g/mol. The van der Waals surface area contributed by atoms with Gasteiger partial charge in [-0.3, -0.25) is 19.6 Å². The van der Waals surface area contributed by atoms with Gasteiger partial charge in [-0.1, -0.05) is 54.4 Å². The molecular formula is C37H30Cl2N6O3. The fraction of sp³-hybridized carbons (Fsp3) is 0.189. The number of amides is 2. The van der Waals surface area contributed by atoms with Gasteiger partial charge in [0.05, 0.1) is 45.2 Å². The average Bonchev–Trinajstić information content (AvgIpc) is 3.68. The Hall–Kier alpha value is -5.12. The van der Waals surface area contributed by atoms with Crippen molar-refractivity contribution in [2.45, 2.75) is 26.2 Å². The van der Waals surface area contributed by atoms with E-state index in [-0.39, 0.29) is 11.8 Å². The third-order valence-corrected chi connectivity index (χ3v) is 9.41. The topological polar surface area (TPSA) is 125 Å². The van der Waals surface area contributed by atoms with Crippen molar-refractivity contribution in [2.24, 2.45) is 0 Å². The van der Waals surface area contributed by atoms with Gasteiger partial charge in [-0.15, -0.1) is 0 Å². The van der Waals surface area contributed by atoms with Crippen LogP contribution in [0, 0.1) is 0 Å². The molecule has 9 nitrogen and oxygen atoms in total. The molecule has 3 aromatic carbocycles. The zero-order chi connectivity index (χ0) is 32.9. The summed E-state index contributed by atoms with van der Waals surface area (Å²) in [6.07, 6.45) is 6.23. The van der Waals surface area contributed by atoms with E-state index in [1.807, 2.05) is 60.9 Å². The van der Waals surface area contributed by atoms with Crippen LogP contribution in [0.25, 0.3) is 54.6 Å². The number of pyridine rings is 2. The number of ether oxygens (including phenoxy) is 1. The summed E-state index contributed by atoms with van der Waals surface area (Å²) >= 11 is 12.4. The smallest absolute Gasteiger partial charge is 0.253 e. The molecule has 0 saturated heterocycles. The summed E-state index contributed by atoms with van der Waals surface area (Å²) in [6.45, 7) is 4.01. The number of H-pyrrole nitrogens is 2. The lowest BCUT2D eigenvalue weighted by molar-refractivity contribution is 0.0939. The molecule has 11 heteroatoms. The molecule has 240 valence electrons. The molecule has 2 amide bonds. The Balaban J connectivity index is 0.000000153. The highest BCUT2D eigenvalue weighted by molar-refractivity contribution is 6.32. The van der Waals surface area contributed by atoms with E-state index in [9.17, 15) is 9.59 Å². The van der Waals surface area contributed by atoms with Crippen LogP contribution in [-0.2, 0) is 12.8 Å². The fourth-order valence-corrected chi connectivity index (χ4v) is 7.02. The van der Waals surface area contributed by atoms with E-state index in [0.29, 0.717) is 41.2 Å². The number of rotatable bonds is 4. The number of aromatic nitrogens is 4. The lowest BCUT2D eigenvalue weighted by atomic mass is 10.0. The molecule has 9 rings (SSSR count). The predicted molar refractivity (Wildman–Crippen MR) is 191 cm³/mol. The van der Waals surface area contributed by atoms with E-state index in [1.54, 1.807) is 0 Å². The van der Waals surface area contributed by atoms with Gasteiger partial charge in [0.2, 0.25) is 0 Å². The molecule has 4 aromatic heterocycles. The molecule has 4 N–H and O–H groups in total. The molecule has 0 saturated carbocycles. The van der Waals surface area contributed by atoms with Gasteiger partial charge >= 0.3 is 0 Å². The number of nitrogens with one attached hydrogen (secondary N) is 4. The first-order valence-electron chi connectivity index (χ1n) is 15.9. The third-order valence-electron chi connectivity index (χ3n) is 8.89. The number of hydrogen-bond donors (Lipinski definition) is 4. The molecule has 0 aliphatic carbocycles. The van der Waals surface area contributed by atoms with E-state index >= 15 is 0 Å². The number of hydrogen-bond acceptors (Lipinski definition) is 5. The molecule has 6 heterocycles. The van der Waals surface area contributed by atoms with Crippen LogP contribution in [0.1, 0.15) is 45.4 Å². The Morgan fingerprint density at radius 1 is 0.833 bits per heavy atom. The zero-order valence-electron chi connectivity index (χ0n) is 26.0. The largest absolute Gasteiger partial charge is 0.492 e. The summed E-state index contributed by atoms with van der Waals surface area (Å²) in [5, 5.41) is 12.9. The number of carbonyl (C=O) groups excluding carboxylic acids is 2. The van der Waals surface area contributed by atoms with Crippen LogP contribution in [-0.4, -0.2) is 51.4 Å². The second kappa shape index (κ2) is 12.2. The predicted octanol–water partition coefficient (Wildman–Crippen LogP) is 7.77. The molecule has 2 aliphatic rings. The third kappa shape index (κ3) is 5.19. The van der Waals surface area contributed by atoms with E-state index in [1.165, 1.54) is 0 Å². The van der Waals surface area contributed by atoms with E-state index in [4.69, 9.17) is 27.9 Å². The summed E-state index contributed by atoms with van der Waals surface area (Å²) in [6, 6.07) is 17.6. The first kappa shape index (κ1) is 30.2. The number of nitrogens with zero attached hydrogens (tertiary/aromatic N) is 2. The van der Waals surface area contributed by atoms with Gasteiger partial charge in [0.1, 0.15) is 10.9 Å². The number of fused-ring (bicyclic) bond motifs is 10. The Labute approximate surface area is 285 Å². The van der Waals surface area contributed by atoms with Crippen LogP contribution in [0.2, 0.25) is 10.2 Å². The van der Waals surface area contributed by atoms with Crippen LogP contribution >= 0.6 is 23.2 Å². The van der Waals surface area contributed by atoms with Gasteiger partial charge in [0.25, 0.3) is 11.8 Å². The molecule has 0 fully saturated rings. The number of benzene rings is 3. The maximum absolute atomic E-state index is 12.4. The highest BCUT2D eigenvalue weighted by atomic mass is 35.5. The first-order chi connectivity index (χ1) is 23.4.